The van der Waals surface area contributed by atoms with E-state index in [4.69, 9.17) is 9.15 Å². The van der Waals surface area contributed by atoms with Crippen molar-refractivity contribution in [3.63, 3.8) is 0 Å². The molecule has 0 unspecified atom stereocenters. The number of ether oxygens (including phenoxy) is 1. The molecule has 7 heteroatoms. The van der Waals surface area contributed by atoms with Crippen LogP contribution in [0.2, 0.25) is 0 Å². The van der Waals surface area contributed by atoms with Crippen LogP contribution in [0, 0.1) is 13.8 Å². The number of nitrogens with zero attached hydrogens (tertiary/aromatic N) is 1. The van der Waals surface area contributed by atoms with E-state index in [1.165, 1.54) is 17.6 Å². The fraction of sp³-hybridized carbons (Fsp3) is 0.167. The molecule has 1 atom stereocenters. The van der Waals surface area contributed by atoms with Crippen LogP contribution in [0.3, 0.4) is 0 Å². The van der Waals surface area contributed by atoms with Crippen molar-refractivity contribution in [1.29, 1.82) is 0 Å². The van der Waals surface area contributed by atoms with E-state index in [-0.39, 0.29) is 17.7 Å². The molecule has 3 aromatic heterocycles. The molecular weight excluding hydrogens is 410 g/mol. The molecule has 0 saturated heterocycles. The Bertz CT molecular complexity index is 1170. The number of amides is 1. The SMILES string of the molecule is COc1ccc([C@@H](Nc2cc(C)ccn2)c2cc(C)sc2NC(=O)c2ccco2)cc1. The van der Waals surface area contributed by atoms with Gasteiger partial charge in [0.2, 0.25) is 0 Å². The second kappa shape index (κ2) is 9.06. The van der Waals surface area contributed by atoms with Gasteiger partial charge in [-0.2, -0.15) is 0 Å². The number of nitrogens with one attached hydrogen (secondary N) is 2. The first-order valence-electron chi connectivity index (χ1n) is 9.82. The van der Waals surface area contributed by atoms with Crippen LogP contribution in [0.25, 0.3) is 0 Å². The zero-order valence-electron chi connectivity index (χ0n) is 17.5. The van der Waals surface area contributed by atoms with Gasteiger partial charge >= 0.3 is 0 Å². The second-order valence-corrected chi connectivity index (χ2v) is 8.40. The Hall–Kier alpha value is -3.58. The van der Waals surface area contributed by atoms with Crippen molar-refractivity contribution in [3.05, 3.63) is 94.4 Å². The highest BCUT2D eigenvalue weighted by Gasteiger charge is 2.23. The normalized spacial score (nSPS) is 11.7. The first kappa shape index (κ1) is 20.7. The Labute approximate surface area is 184 Å². The summed E-state index contributed by atoms with van der Waals surface area (Å²) in [5.74, 6) is 1.53. The van der Waals surface area contributed by atoms with Gasteiger partial charge in [0.25, 0.3) is 5.91 Å². The van der Waals surface area contributed by atoms with Gasteiger partial charge in [0, 0.05) is 16.6 Å². The Balaban J connectivity index is 1.73. The number of aryl methyl sites for hydroxylation is 2. The monoisotopic (exact) mass is 433 g/mol. The molecular formula is C24H23N3O3S. The number of anilines is 2. The molecule has 0 bridgehead atoms. The Kier molecular flexibility index (Phi) is 6.04. The molecule has 0 radical (unpaired) electrons. The fourth-order valence-corrected chi connectivity index (χ4v) is 4.26. The summed E-state index contributed by atoms with van der Waals surface area (Å²) in [7, 11) is 1.64. The van der Waals surface area contributed by atoms with Crippen molar-refractivity contribution < 1.29 is 13.9 Å². The number of benzene rings is 1. The maximum absolute atomic E-state index is 12.6. The molecule has 158 valence electrons. The number of pyridine rings is 1. The van der Waals surface area contributed by atoms with Crippen LogP contribution < -0.4 is 15.4 Å². The zero-order chi connectivity index (χ0) is 21.8. The lowest BCUT2D eigenvalue weighted by molar-refractivity contribution is 0.0997. The molecule has 1 amide bonds. The van der Waals surface area contributed by atoms with Crippen molar-refractivity contribution in [2.45, 2.75) is 19.9 Å². The Morgan fingerprint density at radius 1 is 1.13 bits per heavy atom. The number of rotatable bonds is 7. The second-order valence-electron chi connectivity index (χ2n) is 7.14. The summed E-state index contributed by atoms with van der Waals surface area (Å²) in [5, 5.41) is 7.30. The number of hydrogen-bond donors (Lipinski definition) is 2. The summed E-state index contributed by atoms with van der Waals surface area (Å²) in [6.07, 6.45) is 3.27. The quantitative estimate of drug-likeness (QED) is 0.384. The number of carbonyl (C=O) groups excluding carboxylic acids is 1. The van der Waals surface area contributed by atoms with Crippen molar-refractivity contribution >= 4 is 28.1 Å². The van der Waals surface area contributed by atoms with E-state index in [1.54, 1.807) is 25.4 Å². The van der Waals surface area contributed by atoms with Gasteiger partial charge in [-0.25, -0.2) is 4.98 Å². The molecule has 0 aliphatic heterocycles. The molecule has 3 heterocycles. The first-order chi connectivity index (χ1) is 15.0. The van der Waals surface area contributed by atoms with Crippen LogP contribution in [-0.4, -0.2) is 18.0 Å². The van der Waals surface area contributed by atoms with Crippen LogP contribution in [0.5, 0.6) is 5.75 Å². The first-order valence-corrected chi connectivity index (χ1v) is 10.6. The highest BCUT2D eigenvalue weighted by atomic mass is 32.1. The van der Waals surface area contributed by atoms with Crippen LogP contribution >= 0.6 is 11.3 Å². The minimum atomic E-state index is -0.282. The molecule has 2 N–H and O–H groups in total. The molecule has 1 aromatic carbocycles. The standard InChI is InChI=1S/C24H23N3O3S/c1-15-10-11-25-21(13-15)26-22(17-6-8-18(29-3)9-7-17)19-14-16(2)31-24(19)27-23(28)20-5-4-12-30-20/h4-14,22H,1-3H3,(H,25,26)(H,27,28)/t22-/m1/s1. The van der Waals surface area contributed by atoms with Gasteiger partial charge < -0.3 is 19.8 Å². The van der Waals surface area contributed by atoms with Crippen LogP contribution in [0.4, 0.5) is 10.8 Å². The summed E-state index contributed by atoms with van der Waals surface area (Å²) in [6, 6.07) is 17.0. The van der Waals surface area contributed by atoms with Crippen molar-refractivity contribution in [2.24, 2.45) is 0 Å². The van der Waals surface area contributed by atoms with E-state index >= 15 is 0 Å². The largest absolute Gasteiger partial charge is 0.497 e. The average molecular weight is 434 g/mol. The van der Waals surface area contributed by atoms with Gasteiger partial charge in [0.05, 0.1) is 19.4 Å². The van der Waals surface area contributed by atoms with E-state index in [9.17, 15) is 4.79 Å². The van der Waals surface area contributed by atoms with E-state index in [0.717, 1.165) is 38.1 Å². The number of hydrogen-bond acceptors (Lipinski definition) is 6. The minimum Gasteiger partial charge on any atom is -0.497 e. The lowest BCUT2D eigenvalue weighted by atomic mass is 9.99. The zero-order valence-corrected chi connectivity index (χ0v) is 18.3. The van der Waals surface area contributed by atoms with Gasteiger partial charge in [-0.1, -0.05) is 12.1 Å². The lowest BCUT2D eigenvalue weighted by Gasteiger charge is -2.21. The van der Waals surface area contributed by atoms with Crippen LogP contribution in [-0.2, 0) is 0 Å². The van der Waals surface area contributed by atoms with E-state index in [1.807, 2.05) is 50.2 Å². The summed E-state index contributed by atoms with van der Waals surface area (Å²) in [5.41, 5.74) is 3.09. The number of thiophene rings is 1. The molecule has 31 heavy (non-hydrogen) atoms. The van der Waals surface area contributed by atoms with E-state index in [0.29, 0.717) is 0 Å². The third-order valence-electron chi connectivity index (χ3n) is 4.82. The van der Waals surface area contributed by atoms with Crippen LogP contribution in [0.15, 0.2) is 71.5 Å². The molecule has 0 saturated carbocycles. The smallest absolute Gasteiger partial charge is 0.291 e. The molecule has 0 fully saturated rings. The minimum absolute atomic E-state index is 0.225. The fourth-order valence-electron chi connectivity index (χ4n) is 3.32. The maximum Gasteiger partial charge on any atom is 0.291 e. The van der Waals surface area contributed by atoms with Gasteiger partial charge in [-0.15, -0.1) is 11.3 Å². The predicted octanol–water partition coefficient (Wildman–Crippen LogP) is 5.82. The van der Waals surface area contributed by atoms with Crippen molar-refractivity contribution in [1.82, 2.24) is 4.98 Å². The average Bonchev–Trinajstić information content (AvgIpc) is 3.42. The van der Waals surface area contributed by atoms with Gasteiger partial charge in [-0.05, 0) is 67.4 Å². The van der Waals surface area contributed by atoms with E-state index < -0.39 is 0 Å². The predicted molar refractivity (Wildman–Crippen MR) is 123 cm³/mol. The highest BCUT2D eigenvalue weighted by Crippen LogP contribution is 2.38. The maximum atomic E-state index is 12.6. The lowest BCUT2D eigenvalue weighted by Crippen LogP contribution is -2.17. The molecule has 0 spiro atoms. The van der Waals surface area contributed by atoms with Gasteiger partial charge in [0.1, 0.15) is 16.6 Å². The summed E-state index contributed by atoms with van der Waals surface area (Å²) in [6.45, 7) is 4.05. The third-order valence-corrected chi connectivity index (χ3v) is 5.81. The molecule has 4 rings (SSSR count). The van der Waals surface area contributed by atoms with Gasteiger partial charge in [0.15, 0.2) is 5.76 Å². The Morgan fingerprint density at radius 2 is 1.94 bits per heavy atom. The number of carbonyl (C=O) groups is 1. The molecule has 0 aliphatic rings. The van der Waals surface area contributed by atoms with E-state index in [2.05, 4.69) is 21.7 Å². The van der Waals surface area contributed by atoms with Crippen LogP contribution in [0.1, 0.15) is 38.2 Å². The number of furan rings is 1. The molecule has 0 aliphatic carbocycles. The summed E-state index contributed by atoms with van der Waals surface area (Å²) in [4.78, 5) is 18.2. The Morgan fingerprint density at radius 3 is 2.61 bits per heavy atom. The number of aromatic nitrogens is 1. The highest BCUT2D eigenvalue weighted by molar-refractivity contribution is 7.16. The van der Waals surface area contributed by atoms with Gasteiger partial charge in [-0.3, -0.25) is 4.79 Å². The molecule has 4 aromatic rings. The van der Waals surface area contributed by atoms with Crippen molar-refractivity contribution in [2.75, 3.05) is 17.7 Å². The number of methoxy groups -OCH3 is 1. The van der Waals surface area contributed by atoms with Crippen molar-refractivity contribution in [3.8, 4) is 5.75 Å². The summed E-state index contributed by atoms with van der Waals surface area (Å²) < 4.78 is 10.6. The summed E-state index contributed by atoms with van der Waals surface area (Å²) >= 11 is 1.53. The topological polar surface area (TPSA) is 76.4 Å². The third kappa shape index (κ3) is 4.78. The molecule has 6 nitrogen and oxygen atoms in total.